The van der Waals surface area contributed by atoms with Crippen molar-refractivity contribution in [3.63, 3.8) is 0 Å². The van der Waals surface area contributed by atoms with Gasteiger partial charge in [-0.1, -0.05) is 29.4 Å². The summed E-state index contributed by atoms with van der Waals surface area (Å²) >= 11 is 0. The van der Waals surface area contributed by atoms with Crippen LogP contribution in [0.4, 0.5) is 4.39 Å². The minimum absolute atomic E-state index is 0.0547. The fraction of sp³-hybridized carbons (Fsp3) is 0.455. The van der Waals surface area contributed by atoms with E-state index >= 15 is 0 Å². The number of methoxy groups -OCH3 is 1. The zero-order valence-corrected chi connectivity index (χ0v) is 9.45. The van der Waals surface area contributed by atoms with Gasteiger partial charge in [0.1, 0.15) is 6.67 Å². The van der Waals surface area contributed by atoms with Crippen LogP contribution in [-0.2, 0) is 11.3 Å². The summed E-state index contributed by atoms with van der Waals surface area (Å²) in [6, 6.07) is 5.98. The van der Waals surface area contributed by atoms with Gasteiger partial charge in [0, 0.05) is 12.0 Å². The topological polar surface area (TPSA) is 78.2 Å². The molecule has 0 radical (unpaired) electrons. The second-order valence-corrected chi connectivity index (χ2v) is 3.48. The first-order chi connectivity index (χ1) is 8.26. The van der Waals surface area contributed by atoms with Crippen LogP contribution in [-0.4, -0.2) is 24.9 Å². The van der Waals surface area contributed by atoms with Crippen molar-refractivity contribution in [3.8, 4) is 0 Å². The molecule has 92 valence electrons. The summed E-state index contributed by atoms with van der Waals surface area (Å²) in [5.41, 5.74) is 9.81. The summed E-state index contributed by atoms with van der Waals surface area (Å²) in [5, 5.41) is 12.3. The lowest BCUT2D eigenvalue weighted by atomic mass is 10.0. The summed E-state index contributed by atoms with van der Waals surface area (Å²) in [6.45, 7) is -0.842. The number of hydrogen-bond acceptors (Lipinski definition) is 3. The predicted molar refractivity (Wildman–Crippen MR) is 61.0 cm³/mol. The SMILES string of the molecule is CO[C@H](c1ccc(CO)cc1)C(CF)N=[N+]=[N-]. The molecular formula is C11H14FN3O2. The van der Waals surface area contributed by atoms with Crippen molar-refractivity contribution < 1.29 is 14.2 Å². The van der Waals surface area contributed by atoms with E-state index in [2.05, 4.69) is 10.0 Å². The molecule has 0 aliphatic rings. The third kappa shape index (κ3) is 3.42. The standard InChI is InChI=1S/C11H14FN3O2/c1-17-11(10(6-12)14-15-13)9-4-2-8(7-16)3-5-9/h2-5,10-11,16H,6-7H2,1H3/t10?,11-/m1/s1. The van der Waals surface area contributed by atoms with Gasteiger partial charge in [-0.15, -0.1) is 0 Å². The molecule has 1 aromatic rings. The predicted octanol–water partition coefficient (Wildman–Crippen LogP) is 2.51. The number of rotatable bonds is 6. The molecule has 0 spiro atoms. The normalized spacial score (nSPS) is 13.8. The van der Waals surface area contributed by atoms with Gasteiger partial charge in [-0.2, -0.15) is 0 Å². The Morgan fingerprint density at radius 3 is 2.53 bits per heavy atom. The lowest BCUT2D eigenvalue weighted by Crippen LogP contribution is -2.20. The first-order valence-electron chi connectivity index (χ1n) is 5.09. The minimum atomic E-state index is -0.884. The molecule has 1 N–H and O–H groups in total. The van der Waals surface area contributed by atoms with Crippen LogP contribution in [0.3, 0.4) is 0 Å². The third-order valence-corrected chi connectivity index (χ3v) is 2.45. The van der Waals surface area contributed by atoms with Crippen molar-refractivity contribution in [2.24, 2.45) is 5.11 Å². The Balaban J connectivity index is 2.94. The molecule has 0 saturated carbocycles. The summed E-state index contributed by atoms with van der Waals surface area (Å²) in [7, 11) is 1.43. The number of aliphatic hydroxyl groups excluding tert-OH is 1. The second kappa shape index (κ2) is 6.85. The van der Waals surface area contributed by atoms with Crippen LogP contribution in [0.2, 0.25) is 0 Å². The molecule has 0 amide bonds. The largest absolute Gasteiger partial charge is 0.392 e. The Morgan fingerprint density at radius 1 is 1.47 bits per heavy atom. The van der Waals surface area contributed by atoms with Crippen molar-refractivity contribution in [2.75, 3.05) is 13.8 Å². The Hall–Kier alpha value is -1.62. The van der Waals surface area contributed by atoms with E-state index in [1.807, 2.05) is 0 Å². The molecule has 17 heavy (non-hydrogen) atoms. The maximum atomic E-state index is 12.7. The maximum Gasteiger partial charge on any atom is 0.101 e. The number of alkyl halides is 1. The van der Waals surface area contributed by atoms with Gasteiger partial charge in [0.25, 0.3) is 0 Å². The highest BCUT2D eigenvalue weighted by Gasteiger charge is 2.21. The minimum Gasteiger partial charge on any atom is -0.392 e. The molecule has 0 aliphatic heterocycles. The molecule has 1 aromatic carbocycles. The van der Waals surface area contributed by atoms with Crippen LogP contribution in [0.25, 0.3) is 10.4 Å². The maximum absolute atomic E-state index is 12.7. The molecule has 1 unspecified atom stereocenters. The van der Waals surface area contributed by atoms with Crippen LogP contribution in [0, 0.1) is 0 Å². The van der Waals surface area contributed by atoms with E-state index in [0.29, 0.717) is 5.56 Å². The first kappa shape index (κ1) is 13.4. The molecule has 0 heterocycles. The van der Waals surface area contributed by atoms with Crippen LogP contribution >= 0.6 is 0 Å². The monoisotopic (exact) mass is 239 g/mol. The van der Waals surface area contributed by atoms with E-state index in [4.69, 9.17) is 15.4 Å². The lowest BCUT2D eigenvalue weighted by molar-refractivity contribution is 0.0722. The smallest absolute Gasteiger partial charge is 0.101 e. The van der Waals surface area contributed by atoms with Crippen LogP contribution < -0.4 is 0 Å². The molecule has 0 fully saturated rings. The number of aliphatic hydroxyl groups is 1. The van der Waals surface area contributed by atoms with E-state index in [-0.39, 0.29) is 6.61 Å². The average Bonchev–Trinajstić information content (AvgIpc) is 2.39. The number of hydrogen-bond donors (Lipinski definition) is 1. The molecular weight excluding hydrogens is 225 g/mol. The van der Waals surface area contributed by atoms with Crippen molar-refractivity contribution in [1.29, 1.82) is 0 Å². The fourth-order valence-corrected chi connectivity index (χ4v) is 1.57. The average molecular weight is 239 g/mol. The van der Waals surface area contributed by atoms with E-state index in [9.17, 15) is 4.39 Å². The van der Waals surface area contributed by atoms with Gasteiger partial charge in [0.05, 0.1) is 18.8 Å². The molecule has 5 nitrogen and oxygen atoms in total. The van der Waals surface area contributed by atoms with Crippen molar-refractivity contribution in [1.82, 2.24) is 0 Å². The highest BCUT2D eigenvalue weighted by Crippen LogP contribution is 2.24. The van der Waals surface area contributed by atoms with E-state index < -0.39 is 18.8 Å². The van der Waals surface area contributed by atoms with E-state index in [1.165, 1.54) is 7.11 Å². The first-order valence-corrected chi connectivity index (χ1v) is 5.09. The number of benzene rings is 1. The van der Waals surface area contributed by atoms with Crippen molar-refractivity contribution in [2.45, 2.75) is 18.8 Å². The lowest BCUT2D eigenvalue weighted by Gasteiger charge is -2.20. The van der Waals surface area contributed by atoms with Gasteiger partial charge in [-0.25, -0.2) is 0 Å². The molecule has 0 aliphatic carbocycles. The summed E-state index contributed by atoms with van der Waals surface area (Å²) in [6.07, 6.45) is -0.622. The number of azide groups is 1. The number of ether oxygens (including phenoxy) is 1. The van der Waals surface area contributed by atoms with Gasteiger partial charge < -0.3 is 9.84 Å². The Bertz CT molecular complexity index is 390. The summed E-state index contributed by atoms with van der Waals surface area (Å²) in [4.78, 5) is 2.60. The Kier molecular flexibility index (Phi) is 5.42. The molecule has 0 aromatic heterocycles. The zero-order valence-electron chi connectivity index (χ0n) is 9.45. The van der Waals surface area contributed by atoms with Gasteiger partial charge >= 0.3 is 0 Å². The quantitative estimate of drug-likeness (QED) is 0.470. The van der Waals surface area contributed by atoms with Gasteiger partial charge in [-0.3, -0.25) is 4.39 Å². The molecule has 2 atom stereocenters. The molecule has 1 rings (SSSR count). The summed E-state index contributed by atoms with van der Waals surface area (Å²) < 4.78 is 17.9. The van der Waals surface area contributed by atoms with Crippen LogP contribution in [0.1, 0.15) is 17.2 Å². The van der Waals surface area contributed by atoms with Crippen molar-refractivity contribution in [3.05, 3.63) is 45.8 Å². The highest BCUT2D eigenvalue weighted by atomic mass is 19.1. The van der Waals surface area contributed by atoms with Crippen LogP contribution in [0.15, 0.2) is 29.4 Å². The fourth-order valence-electron chi connectivity index (χ4n) is 1.57. The second-order valence-electron chi connectivity index (χ2n) is 3.48. The van der Waals surface area contributed by atoms with Crippen molar-refractivity contribution >= 4 is 0 Å². The zero-order chi connectivity index (χ0) is 12.7. The number of nitrogens with zero attached hydrogens (tertiary/aromatic N) is 3. The summed E-state index contributed by atoms with van der Waals surface area (Å²) in [5.74, 6) is 0. The van der Waals surface area contributed by atoms with Gasteiger partial charge in [-0.05, 0) is 16.7 Å². The highest BCUT2D eigenvalue weighted by molar-refractivity contribution is 5.25. The van der Waals surface area contributed by atoms with E-state index in [1.54, 1.807) is 24.3 Å². The Labute approximate surface area is 98.5 Å². The third-order valence-electron chi connectivity index (χ3n) is 2.45. The Morgan fingerprint density at radius 2 is 2.12 bits per heavy atom. The van der Waals surface area contributed by atoms with Gasteiger partial charge in [0.15, 0.2) is 0 Å². The molecule has 6 heteroatoms. The van der Waals surface area contributed by atoms with Gasteiger partial charge in [0.2, 0.25) is 0 Å². The van der Waals surface area contributed by atoms with Crippen LogP contribution in [0.5, 0.6) is 0 Å². The molecule has 0 bridgehead atoms. The van der Waals surface area contributed by atoms with E-state index in [0.717, 1.165) is 5.56 Å². The molecule has 0 saturated heterocycles. The number of halogens is 1.